The average molecular weight is 371 g/mol. The number of nitrogens with zero attached hydrogens (tertiary/aromatic N) is 1. The third kappa shape index (κ3) is 4.11. The number of para-hydroxylation sites is 1. The summed E-state index contributed by atoms with van der Waals surface area (Å²) in [4.78, 5) is 31.9. The van der Waals surface area contributed by atoms with Crippen molar-refractivity contribution < 1.29 is 14.3 Å². The van der Waals surface area contributed by atoms with Crippen molar-refractivity contribution in [2.75, 3.05) is 11.9 Å². The van der Waals surface area contributed by atoms with E-state index < -0.39 is 5.97 Å². The molecule has 0 fully saturated rings. The van der Waals surface area contributed by atoms with Gasteiger partial charge in [-0.05, 0) is 38.3 Å². The molecule has 2 aromatic heterocycles. The van der Waals surface area contributed by atoms with Crippen LogP contribution in [0, 0.1) is 6.92 Å². The van der Waals surface area contributed by atoms with E-state index in [1.54, 1.807) is 13.8 Å². The number of aryl methyl sites for hydroxylation is 2. The van der Waals surface area contributed by atoms with Crippen molar-refractivity contribution >= 4 is 39.2 Å². The van der Waals surface area contributed by atoms with E-state index in [9.17, 15) is 9.59 Å². The van der Waals surface area contributed by atoms with E-state index in [0.29, 0.717) is 28.7 Å². The molecule has 0 unspecified atom stereocenters. The second-order valence-electron chi connectivity index (χ2n) is 5.92. The molecule has 3 rings (SSSR count). The fourth-order valence-electron chi connectivity index (χ4n) is 2.80. The number of aromatic amines is 1. The molecule has 136 valence electrons. The number of amides is 1. The Kier molecular flexibility index (Phi) is 5.68. The summed E-state index contributed by atoms with van der Waals surface area (Å²) < 4.78 is 4.98. The number of aromatic nitrogens is 2. The van der Waals surface area contributed by atoms with Crippen molar-refractivity contribution in [3.05, 3.63) is 46.6 Å². The second-order valence-corrected chi connectivity index (χ2v) is 6.91. The number of fused-ring (bicyclic) bond motifs is 1. The molecule has 2 heterocycles. The molecule has 1 amide bonds. The molecule has 0 saturated carbocycles. The van der Waals surface area contributed by atoms with Gasteiger partial charge in [0.1, 0.15) is 4.88 Å². The summed E-state index contributed by atoms with van der Waals surface area (Å²) in [7, 11) is 0. The Bertz CT molecular complexity index is 929. The van der Waals surface area contributed by atoms with Crippen molar-refractivity contribution in [1.82, 2.24) is 9.97 Å². The molecule has 0 aliphatic heterocycles. The molecule has 0 atom stereocenters. The first-order valence-corrected chi connectivity index (χ1v) is 9.39. The van der Waals surface area contributed by atoms with Crippen molar-refractivity contribution in [3.8, 4) is 0 Å². The molecule has 6 nitrogen and oxygen atoms in total. The van der Waals surface area contributed by atoms with E-state index in [4.69, 9.17) is 4.74 Å². The third-order valence-electron chi connectivity index (χ3n) is 4.03. The van der Waals surface area contributed by atoms with Crippen LogP contribution in [0.1, 0.15) is 40.7 Å². The predicted octanol–water partition coefficient (Wildman–Crippen LogP) is 4.07. The smallest absolute Gasteiger partial charge is 0.350 e. The number of benzene rings is 1. The Morgan fingerprint density at radius 1 is 1.31 bits per heavy atom. The van der Waals surface area contributed by atoms with E-state index >= 15 is 0 Å². The summed E-state index contributed by atoms with van der Waals surface area (Å²) in [5.41, 5.74) is 2.89. The molecular weight excluding hydrogens is 350 g/mol. The molecule has 1 aromatic carbocycles. The van der Waals surface area contributed by atoms with Crippen LogP contribution < -0.4 is 5.32 Å². The lowest BCUT2D eigenvalue weighted by molar-refractivity contribution is -0.116. The Balaban J connectivity index is 1.53. The van der Waals surface area contributed by atoms with E-state index in [1.807, 2.05) is 24.4 Å². The van der Waals surface area contributed by atoms with Gasteiger partial charge in [0, 0.05) is 23.5 Å². The van der Waals surface area contributed by atoms with Crippen molar-refractivity contribution in [2.45, 2.75) is 33.1 Å². The summed E-state index contributed by atoms with van der Waals surface area (Å²) in [6.07, 6.45) is 3.95. The van der Waals surface area contributed by atoms with Crippen LogP contribution in [0.25, 0.3) is 10.9 Å². The minimum atomic E-state index is -0.401. The van der Waals surface area contributed by atoms with Gasteiger partial charge in [0.25, 0.3) is 0 Å². The Hall–Kier alpha value is -2.67. The van der Waals surface area contributed by atoms with Gasteiger partial charge in [0.2, 0.25) is 5.91 Å². The van der Waals surface area contributed by atoms with Crippen LogP contribution in [0.4, 0.5) is 5.13 Å². The lowest BCUT2D eigenvalue weighted by atomic mass is 10.1. The molecule has 0 aliphatic carbocycles. The number of H-pyrrole nitrogens is 1. The van der Waals surface area contributed by atoms with Crippen LogP contribution >= 0.6 is 11.3 Å². The Morgan fingerprint density at radius 2 is 2.12 bits per heavy atom. The van der Waals surface area contributed by atoms with Gasteiger partial charge in [-0.25, -0.2) is 9.78 Å². The fraction of sp³-hybridized carbons (Fsp3) is 0.316. The van der Waals surface area contributed by atoms with Crippen LogP contribution in [-0.2, 0) is 16.0 Å². The van der Waals surface area contributed by atoms with E-state index in [0.717, 1.165) is 29.7 Å². The molecule has 0 saturated heterocycles. The van der Waals surface area contributed by atoms with Gasteiger partial charge in [0.05, 0.1) is 12.3 Å². The van der Waals surface area contributed by atoms with Gasteiger partial charge in [-0.15, -0.1) is 0 Å². The molecule has 7 heteroatoms. The average Bonchev–Trinajstić information content (AvgIpc) is 3.19. The molecule has 0 aliphatic rings. The zero-order valence-electron chi connectivity index (χ0n) is 14.8. The summed E-state index contributed by atoms with van der Waals surface area (Å²) in [5.74, 6) is -0.503. The molecular formula is C19H21N3O3S. The highest BCUT2D eigenvalue weighted by atomic mass is 32.1. The number of esters is 1. The molecule has 26 heavy (non-hydrogen) atoms. The standard InChI is InChI=1S/C19H21N3O3S/c1-3-25-18(24)17-12(2)21-19(26-17)22-16(23)10-6-7-13-11-20-15-9-5-4-8-14(13)15/h4-5,8-9,11,20H,3,6-7,10H2,1-2H3,(H,21,22,23). The van der Waals surface area contributed by atoms with Gasteiger partial charge >= 0.3 is 5.97 Å². The highest BCUT2D eigenvalue weighted by molar-refractivity contribution is 7.17. The van der Waals surface area contributed by atoms with Crippen LogP contribution in [0.5, 0.6) is 0 Å². The van der Waals surface area contributed by atoms with E-state index in [2.05, 4.69) is 21.4 Å². The van der Waals surface area contributed by atoms with Gasteiger partial charge in [0.15, 0.2) is 5.13 Å². The van der Waals surface area contributed by atoms with Crippen molar-refractivity contribution in [2.24, 2.45) is 0 Å². The number of nitrogens with one attached hydrogen (secondary N) is 2. The number of carbonyl (C=O) groups is 2. The molecule has 3 aromatic rings. The van der Waals surface area contributed by atoms with Crippen molar-refractivity contribution in [1.29, 1.82) is 0 Å². The van der Waals surface area contributed by atoms with Crippen LogP contribution in [0.2, 0.25) is 0 Å². The topological polar surface area (TPSA) is 84.1 Å². The van der Waals surface area contributed by atoms with E-state index in [1.165, 1.54) is 10.9 Å². The monoisotopic (exact) mass is 371 g/mol. The van der Waals surface area contributed by atoms with Crippen LogP contribution in [0.15, 0.2) is 30.5 Å². The van der Waals surface area contributed by atoms with Gasteiger partial charge in [-0.3, -0.25) is 4.79 Å². The maximum Gasteiger partial charge on any atom is 0.350 e. The first-order valence-electron chi connectivity index (χ1n) is 8.58. The predicted molar refractivity (Wildman–Crippen MR) is 103 cm³/mol. The third-order valence-corrected chi connectivity index (χ3v) is 5.08. The zero-order valence-corrected chi connectivity index (χ0v) is 15.6. The number of rotatable bonds is 7. The number of hydrogen-bond acceptors (Lipinski definition) is 5. The summed E-state index contributed by atoms with van der Waals surface area (Å²) in [6.45, 7) is 3.80. The largest absolute Gasteiger partial charge is 0.462 e. The zero-order chi connectivity index (χ0) is 18.5. The number of anilines is 1. The van der Waals surface area contributed by atoms with Crippen molar-refractivity contribution in [3.63, 3.8) is 0 Å². The second kappa shape index (κ2) is 8.14. The minimum Gasteiger partial charge on any atom is -0.462 e. The Labute approximate surface area is 155 Å². The SMILES string of the molecule is CCOC(=O)c1sc(NC(=O)CCCc2c[nH]c3ccccc23)nc1C. The molecule has 0 bridgehead atoms. The fourth-order valence-corrected chi connectivity index (χ4v) is 3.67. The van der Waals surface area contributed by atoms with E-state index in [-0.39, 0.29) is 5.91 Å². The molecule has 0 radical (unpaired) electrons. The first-order chi connectivity index (χ1) is 12.6. The number of ether oxygens (including phenoxy) is 1. The summed E-state index contributed by atoms with van der Waals surface area (Å²) >= 11 is 1.15. The maximum absolute atomic E-state index is 12.2. The van der Waals surface area contributed by atoms with Gasteiger partial charge in [-0.2, -0.15) is 0 Å². The highest BCUT2D eigenvalue weighted by Crippen LogP contribution is 2.24. The quantitative estimate of drug-likeness (QED) is 0.613. The lowest BCUT2D eigenvalue weighted by Gasteiger charge is -2.02. The normalized spacial score (nSPS) is 10.8. The van der Waals surface area contributed by atoms with Crippen LogP contribution in [-0.4, -0.2) is 28.5 Å². The molecule has 0 spiro atoms. The minimum absolute atomic E-state index is 0.103. The maximum atomic E-state index is 12.2. The number of thiazole rings is 1. The summed E-state index contributed by atoms with van der Waals surface area (Å²) in [5, 5.41) is 4.40. The Morgan fingerprint density at radius 3 is 2.92 bits per heavy atom. The highest BCUT2D eigenvalue weighted by Gasteiger charge is 2.17. The van der Waals surface area contributed by atoms with Gasteiger partial charge < -0.3 is 15.0 Å². The van der Waals surface area contributed by atoms with Gasteiger partial charge in [-0.1, -0.05) is 29.5 Å². The number of hydrogen-bond donors (Lipinski definition) is 2. The summed E-state index contributed by atoms with van der Waals surface area (Å²) in [6, 6.07) is 8.13. The number of carbonyl (C=O) groups excluding carboxylic acids is 2. The van der Waals surface area contributed by atoms with Crippen LogP contribution in [0.3, 0.4) is 0 Å². The lowest BCUT2D eigenvalue weighted by Crippen LogP contribution is -2.11. The first kappa shape index (κ1) is 18.1. The molecule has 2 N–H and O–H groups in total.